The lowest BCUT2D eigenvalue weighted by Gasteiger charge is -2.11. The maximum atomic E-state index is 13.4. The van der Waals surface area contributed by atoms with Gasteiger partial charge in [0.05, 0.1) is 4.92 Å². The Labute approximate surface area is 105 Å². The van der Waals surface area contributed by atoms with E-state index in [-0.39, 0.29) is 23.7 Å². The zero-order valence-electron chi connectivity index (χ0n) is 9.14. The van der Waals surface area contributed by atoms with Crippen molar-refractivity contribution in [3.05, 3.63) is 39.7 Å². The molecule has 1 atom stereocenters. The second kappa shape index (κ2) is 7.16. The van der Waals surface area contributed by atoms with Crippen molar-refractivity contribution in [2.45, 2.75) is 18.9 Å². The van der Waals surface area contributed by atoms with Gasteiger partial charge in [-0.1, -0.05) is 0 Å². The largest absolute Gasteiger partial charge is 0.330 e. The average Bonchev–Trinajstić information content (AvgIpc) is 2.26. The van der Waals surface area contributed by atoms with Crippen molar-refractivity contribution in [1.29, 1.82) is 0 Å². The number of halogens is 2. The molecule has 1 rings (SSSR count). The topological polar surface area (TPSA) is 95.2 Å². The minimum atomic E-state index is -0.571. The molecular formula is C10H15ClFN3O2. The lowest BCUT2D eigenvalue weighted by molar-refractivity contribution is -0.385. The van der Waals surface area contributed by atoms with Gasteiger partial charge >= 0.3 is 0 Å². The highest BCUT2D eigenvalue weighted by atomic mass is 35.5. The summed E-state index contributed by atoms with van der Waals surface area (Å²) in [4.78, 5) is 9.95. The molecule has 4 N–H and O–H groups in total. The van der Waals surface area contributed by atoms with Gasteiger partial charge in [-0.25, -0.2) is 4.39 Å². The van der Waals surface area contributed by atoms with Crippen molar-refractivity contribution < 1.29 is 9.31 Å². The van der Waals surface area contributed by atoms with E-state index >= 15 is 0 Å². The Balaban J connectivity index is 0.00000256. The first kappa shape index (κ1) is 15.8. The summed E-state index contributed by atoms with van der Waals surface area (Å²) in [7, 11) is 0. The molecule has 0 radical (unpaired) electrons. The Bertz CT molecular complexity index is 390. The minimum Gasteiger partial charge on any atom is -0.330 e. The zero-order chi connectivity index (χ0) is 12.1. The second-order valence-corrected chi connectivity index (χ2v) is 3.50. The van der Waals surface area contributed by atoms with Gasteiger partial charge in [-0.05, 0) is 25.5 Å². The molecule has 0 unspecified atom stereocenters. The number of nitrogens with two attached hydrogens (primary N) is 2. The molecule has 0 saturated heterocycles. The molecule has 0 aliphatic rings. The van der Waals surface area contributed by atoms with Gasteiger partial charge in [0.2, 0.25) is 0 Å². The minimum absolute atomic E-state index is 0. The molecule has 7 heteroatoms. The number of nitro benzene ring substituents is 1. The van der Waals surface area contributed by atoms with Crippen molar-refractivity contribution in [3.63, 3.8) is 0 Å². The summed E-state index contributed by atoms with van der Waals surface area (Å²) in [6, 6.07) is 2.81. The summed E-state index contributed by atoms with van der Waals surface area (Å²) in [5, 5.41) is 10.5. The van der Waals surface area contributed by atoms with E-state index in [1.807, 2.05) is 0 Å². The normalized spacial score (nSPS) is 11.7. The van der Waals surface area contributed by atoms with Gasteiger partial charge in [-0.15, -0.1) is 12.4 Å². The Kier molecular flexibility index (Phi) is 6.64. The first-order chi connectivity index (χ1) is 7.56. The molecule has 17 heavy (non-hydrogen) atoms. The summed E-state index contributed by atoms with van der Waals surface area (Å²) >= 11 is 0. The number of nitro groups is 1. The monoisotopic (exact) mass is 263 g/mol. The lowest BCUT2D eigenvalue weighted by Crippen LogP contribution is -2.14. The van der Waals surface area contributed by atoms with E-state index < -0.39 is 16.8 Å². The number of rotatable bonds is 5. The van der Waals surface area contributed by atoms with Crippen LogP contribution < -0.4 is 11.5 Å². The molecular weight excluding hydrogens is 249 g/mol. The summed E-state index contributed by atoms with van der Waals surface area (Å²) < 4.78 is 13.4. The first-order valence-corrected chi connectivity index (χ1v) is 4.95. The predicted octanol–water partition coefficient (Wildman–Crippen LogP) is 1.89. The maximum absolute atomic E-state index is 13.4. The fraction of sp³-hybridized carbons (Fsp3) is 0.400. The van der Waals surface area contributed by atoms with Crippen molar-refractivity contribution in [2.75, 3.05) is 6.54 Å². The van der Waals surface area contributed by atoms with Gasteiger partial charge in [-0.3, -0.25) is 10.1 Å². The van der Waals surface area contributed by atoms with Crippen LogP contribution in [-0.2, 0) is 0 Å². The van der Waals surface area contributed by atoms with Crippen LogP contribution in [-0.4, -0.2) is 11.5 Å². The van der Waals surface area contributed by atoms with Crippen LogP contribution in [0.25, 0.3) is 0 Å². The first-order valence-electron chi connectivity index (χ1n) is 4.95. The molecule has 1 aromatic rings. The smallest absolute Gasteiger partial charge is 0.269 e. The molecule has 0 aromatic heterocycles. The molecule has 0 bridgehead atoms. The van der Waals surface area contributed by atoms with E-state index in [0.29, 0.717) is 19.4 Å². The third-order valence-corrected chi connectivity index (χ3v) is 2.31. The number of nitrogens with zero attached hydrogens (tertiary/aromatic N) is 1. The molecule has 0 amide bonds. The van der Waals surface area contributed by atoms with Crippen LogP contribution >= 0.6 is 12.4 Å². The van der Waals surface area contributed by atoms with Crippen LogP contribution in [0.5, 0.6) is 0 Å². The molecule has 0 aliphatic carbocycles. The molecule has 96 valence electrons. The highest BCUT2D eigenvalue weighted by molar-refractivity contribution is 5.85. The second-order valence-electron chi connectivity index (χ2n) is 3.50. The lowest BCUT2D eigenvalue weighted by atomic mass is 10.0. The van der Waals surface area contributed by atoms with Crippen LogP contribution in [0.4, 0.5) is 10.1 Å². The van der Waals surface area contributed by atoms with E-state index in [1.165, 1.54) is 6.07 Å². The molecule has 1 aromatic carbocycles. The van der Waals surface area contributed by atoms with Crippen molar-refractivity contribution in [1.82, 2.24) is 0 Å². The summed E-state index contributed by atoms with van der Waals surface area (Å²) in [5.74, 6) is -0.518. The maximum Gasteiger partial charge on any atom is 0.269 e. The Morgan fingerprint density at radius 3 is 2.65 bits per heavy atom. The van der Waals surface area contributed by atoms with Gasteiger partial charge in [0.25, 0.3) is 5.69 Å². The molecule has 0 heterocycles. The number of hydrogen-bond donors (Lipinski definition) is 2. The van der Waals surface area contributed by atoms with E-state index in [0.717, 1.165) is 12.1 Å². The number of non-ortho nitro benzene ring substituents is 1. The molecule has 0 saturated carbocycles. The number of hydrogen-bond acceptors (Lipinski definition) is 4. The van der Waals surface area contributed by atoms with Crippen molar-refractivity contribution in [3.8, 4) is 0 Å². The SMILES string of the molecule is Cl.NCCC[C@@H](N)c1cc([N+](=O)[O-])ccc1F. The van der Waals surface area contributed by atoms with E-state index in [4.69, 9.17) is 11.5 Å². The van der Waals surface area contributed by atoms with Crippen LogP contribution in [0.1, 0.15) is 24.4 Å². The van der Waals surface area contributed by atoms with Gasteiger partial charge in [0, 0.05) is 23.7 Å². The predicted molar refractivity (Wildman–Crippen MR) is 65.5 cm³/mol. The quantitative estimate of drug-likeness (QED) is 0.626. The van der Waals surface area contributed by atoms with E-state index in [2.05, 4.69) is 0 Å². The van der Waals surface area contributed by atoms with Crippen LogP contribution in [0.3, 0.4) is 0 Å². The van der Waals surface area contributed by atoms with Crippen molar-refractivity contribution in [2.24, 2.45) is 11.5 Å². The molecule has 0 aliphatic heterocycles. The van der Waals surface area contributed by atoms with Gasteiger partial charge in [0.15, 0.2) is 0 Å². The standard InChI is InChI=1S/C10H14FN3O2.ClH/c11-9-4-3-7(14(15)16)6-8(9)10(13)2-1-5-12;/h3-4,6,10H,1-2,5,12-13H2;1H/t10-;/m1./s1. The summed E-state index contributed by atoms with van der Waals surface area (Å²) in [6.45, 7) is 0.463. The van der Waals surface area contributed by atoms with Gasteiger partial charge < -0.3 is 11.5 Å². The Morgan fingerprint density at radius 1 is 1.47 bits per heavy atom. The third-order valence-electron chi connectivity index (χ3n) is 2.31. The Hall–Kier alpha value is -1.24. The fourth-order valence-electron chi connectivity index (χ4n) is 1.42. The molecule has 0 fully saturated rings. The third kappa shape index (κ3) is 4.26. The zero-order valence-corrected chi connectivity index (χ0v) is 9.95. The molecule has 0 spiro atoms. The van der Waals surface area contributed by atoms with Crippen LogP contribution in [0, 0.1) is 15.9 Å². The van der Waals surface area contributed by atoms with Gasteiger partial charge in [0.1, 0.15) is 5.82 Å². The summed E-state index contributed by atoms with van der Waals surface area (Å²) in [6.07, 6.45) is 1.16. The van der Waals surface area contributed by atoms with E-state index in [1.54, 1.807) is 0 Å². The van der Waals surface area contributed by atoms with Crippen LogP contribution in [0.2, 0.25) is 0 Å². The molecule has 5 nitrogen and oxygen atoms in total. The highest BCUT2D eigenvalue weighted by Crippen LogP contribution is 2.23. The average molecular weight is 264 g/mol. The highest BCUT2D eigenvalue weighted by Gasteiger charge is 2.15. The Morgan fingerprint density at radius 2 is 2.12 bits per heavy atom. The van der Waals surface area contributed by atoms with Crippen molar-refractivity contribution >= 4 is 18.1 Å². The van der Waals surface area contributed by atoms with E-state index in [9.17, 15) is 14.5 Å². The summed E-state index contributed by atoms with van der Waals surface area (Å²) in [5.41, 5.74) is 11.1. The number of benzene rings is 1. The van der Waals surface area contributed by atoms with Gasteiger partial charge in [-0.2, -0.15) is 0 Å². The fourth-order valence-corrected chi connectivity index (χ4v) is 1.42. The van der Waals surface area contributed by atoms with Crippen LogP contribution in [0.15, 0.2) is 18.2 Å².